The molecule has 0 spiro atoms. The summed E-state index contributed by atoms with van der Waals surface area (Å²) in [5, 5.41) is 0. The predicted molar refractivity (Wildman–Crippen MR) is 88.6 cm³/mol. The second-order valence-corrected chi connectivity index (χ2v) is 6.97. The summed E-state index contributed by atoms with van der Waals surface area (Å²) >= 11 is 8.55. The fourth-order valence-electron chi connectivity index (χ4n) is 2.43. The van der Waals surface area contributed by atoms with Gasteiger partial charge in [0.1, 0.15) is 0 Å². The first-order chi connectivity index (χ1) is 9.40. The van der Waals surface area contributed by atoms with Crippen molar-refractivity contribution in [1.29, 1.82) is 0 Å². The normalized spacial score (nSPS) is 17.8. The van der Waals surface area contributed by atoms with Gasteiger partial charge in [-0.2, -0.15) is 0 Å². The lowest BCUT2D eigenvalue weighted by Crippen LogP contribution is -2.47. The number of hydrogen-bond acceptors (Lipinski definition) is 2. The molecule has 1 aromatic rings. The molecule has 3 nitrogen and oxygen atoms in total. The van der Waals surface area contributed by atoms with Crippen molar-refractivity contribution in [3.8, 4) is 0 Å². The van der Waals surface area contributed by atoms with Crippen LogP contribution in [0.2, 0.25) is 0 Å². The lowest BCUT2D eigenvalue weighted by molar-refractivity contribution is -0.132. The first-order valence-electron chi connectivity index (χ1n) is 6.73. The molecule has 0 saturated carbocycles. The number of thiocarbonyl (C=S) groups is 1. The third kappa shape index (κ3) is 3.58. The van der Waals surface area contributed by atoms with Crippen molar-refractivity contribution in [3.05, 3.63) is 34.3 Å². The topological polar surface area (TPSA) is 46.3 Å². The summed E-state index contributed by atoms with van der Waals surface area (Å²) in [5.74, 6) is 0.174. The maximum Gasteiger partial charge on any atom is 0.226 e. The molecule has 2 N–H and O–H groups in total. The highest BCUT2D eigenvalue weighted by Gasteiger charge is 2.33. The molecule has 0 radical (unpaired) electrons. The van der Waals surface area contributed by atoms with E-state index in [0.29, 0.717) is 11.4 Å². The number of amides is 1. The number of nitrogens with two attached hydrogens (primary N) is 1. The first-order valence-corrected chi connectivity index (χ1v) is 7.93. The van der Waals surface area contributed by atoms with Crippen LogP contribution in [0.15, 0.2) is 28.7 Å². The number of piperidine rings is 1. The second kappa shape index (κ2) is 6.22. The van der Waals surface area contributed by atoms with Crippen molar-refractivity contribution in [2.75, 3.05) is 13.1 Å². The molecular weight excluding hydrogens is 336 g/mol. The molecule has 1 amide bonds. The van der Waals surface area contributed by atoms with Crippen molar-refractivity contribution < 1.29 is 4.79 Å². The molecule has 1 saturated heterocycles. The van der Waals surface area contributed by atoms with Crippen molar-refractivity contribution in [1.82, 2.24) is 4.90 Å². The van der Waals surface area contributed by atoms with E-state index in [4.69, 9.17) is 18.0 Å². The smallest absolute Gasteiger partial charge is 0.226 e. The van der Waals surface area contributed by atoms with Gasteiger partial charge in [0.2, 0.25) is 5.91 Å². The van der Waals surface area contributed by atoms with Gasteiger partial charge in [-0.1, -0.05) is 47.2 Å². The molecule has 0 unspecified atom stereocenters. The van der Waals surface area contributed by atoms with Crippen molar-refractivity contribution in [2.24, 2.45) is 11.1 Å². The minimum atomic E-state index is -0.0953. The highest BCUT2D eigenvalue weighted by molar-refractivity contribution is 9.10. The standard InChI is InChI=1S/C15H19BrN2OS/c1-15(14(17)20)5-7-18(8-6-15)13(19)10-11-3-2-4-12(16)9-11/h2-4,9H,5-8,10H2,1H3,(H2,17,20). The Bertz CT molecular complexity index is 524. The van der Waals surface area contributed by atoms with E-state index in [2.05, 4.69) is 22.9 Å². The Labute approximate surface area is 133 Å². The summed E-state index contributed by atoms with van der Waals surface area (Å²) in [6.45, 7) is 3.56. The fourth-order valence-corrected chi connectivity index (χ4v) is 3.08. The van der Waals surface area contributed by atoms with Crippen LogP contribution in [-0.2, 0) is 11.2 Å². The summed E-state index contributed by atoms with van der Waals surface area (Å²) < 4.78 is 1.00. The number of rotatable bonds is 3. The third-order valence-electron chi connectivity index (χ3n) is 4.06. The molecule has 1 aliphatic heterocycles. The van der Waals surface area contributed by atoms with Gasteiger partial charge < -0.3 is 10.6 Å². The largest absolute Gasteiger partial charge is 0.393 e. The lowest BCUT2D eigenvalue weighted by atomic mass is 9.80. The quantitative estimate of drug-likeness (QED) is 0.848. The first kappa shape index (κ1) is 15.4. The molecule has 0 atom stereocenters. The summed E-state index contributed by atoms with van der Waals surface area (Å²) in [4.78, 5) is 14.8. The van der Waals surface area contributed by atoms with Gasteiger partial charge in [-0.15, -0.1) is 0 Å². The average Bonchev–Trinajstić information content (AvgIpc) is 2.39. The number of hydrogen-bond donors (Lipinski definition) is 1. The Morgan fingerprint density at radius 2 is 2.10 bits per heavy atom. The van der Waals surface area contributed by atoms with Crippen molar-refractivity contribution in [2.45, 2.75) is 26.2 Å². The predicted octanol–water partition coefficient (Wildman–Crippen LogP) is 2.91. The van der Waals surface area contributed by atoms with E-state index in [0.717, 1.165) is 36.0 Å². The van der Waals surface area contributed by atoms with E-state index >= 15 is 0 Å². The Balaban J connectivity index is 1.94. The van der Waals surface area contributed by atoms with Gasteiger partial charge in [0.05, 0.1) is 11.4 Å². The van der Waals surface area contributed by atoms with Crippen LogP contribution in [0.3, 0.4) is 0 Å². The van der Waals surface area contributed by atoms with E-state index in [1.807, 2.05) is 29.2 Å². The summed E-state index contributed by atoms with van der Waals surface area (Å²) in [6.07, 6.45) is 2.16. The van der Waals surface area contributed by atoms with Crippen LogP contribution in [0.1, 0.15) is 25.3 Å². The number of halogens is 1. The number of benzene rings is 1. The molecule has 1 aliphatic rings. The average molecular weight is 355 g/mol. The maximum absolute atomic E-state index is 12.3. The number of likely N-dealkylation sites (tertiary alicyclic amines) is 1. The van der Waals surface area contributed by atoms with Gasteiger partial charge in [-0.05, 0) is 30.5 Å². The molecule has 0 aliphatic carbocycles. The van der Waals surface area contributed by atoms with Crippen LogP contribution in [0.25, 0.3) is 0 Å². The van der Waals surface area contributed by atoms with Crippen LogP contribution in [0, 0.1) is 5.41 Å². The third-order valence-corrected chi connectivity index (χ3v) is 5.04. The molecule has 1 aromatic carbocycles. The molecule has 0 bridgehead atoms. The van der Waals surface area contributed by atoms with Crippen LogP contribution < -0.4 is 5.73 Å². The molecule has 0 aromatic heterocycles. The minimum Gasteiger partial charge on any atom is -0.393 e. The zero-order valence-electron chi connectivity index (χ0n) is 11.6. The molecule has 2 rings (SSSR count). The minimum absolute atomic E-state index is 0.0953. The van der Waals surface area contributed by atoms with E-state index in [1.165, 1.54) is 0 Å². The number of nitrogens with zero attached hydrogens (tertiary/aromatic N) is 1. The summed E-state index contributed by atoms with van der Waals surface area (Å²) in [6, 6.07) is 7.88. The molecule has 20 heavy (non-hydrogen) atoms. The highest BCUT2D eigenvalue weighted by Crippen LogP contribution is 2.31. The van der Waals surface area contributed by atoms with Gasteiger partial charge in [0.15, 0.2) is 0 Å². The van der Waals surface area contributed by atoms with Gasteiger partial charge >= 0.3 is 0 Å². The van der Waals surface area contributed by atoms with Crippen LogP contribution in [0.5, 0.6) is 0 Å². The lowest BCUT2D eigenvalue weighted by Gasteiger charge is -2.38. The van der Waals surface area contributed by atoms with E-state index in [-0.39, 0.29) is 11.3 Å². The van der Waals surface area contributed by atoms with Crippen LogP contribution in [0.4, 0.5) is 0 Å². The molecule has 1 fully saturated rings. The fraction of sp³-hybridized carbons (Fsp3) is 0.467. The number of carbonyl (C=O) groups is 1. The Morgan fingerprint density at radius 3 is 2.65 bits per heavy atom. The highest BCUT2D eigenvalue weighted by atomic mass is 79.9. The number of carbonyl (C=O) groups excluding carboxylic acids is 1. The van der Waals surface area contributed by atoms with E-state index in [9.17, 15) is 4.79 Å². The van der Waals surface area contributed by atoms with Gasteiger partial charge in [0, 0.05) is 23.0 Å². The van der Waals surface area contributed by atoms with Crippen LogP contribution in [-0.4, -0.2) is 28.9 Å². The van der Waals surface area contributed by atoms with Gasteiger partial charge in [-0.3, -0.25) is 4.79 Å². The summed E-state index contributed by atoms with van der Waals surface area (Å²) in [7, 11) is 0. The summed E-state index contributed by atoms with van der Waals surface area (Å²) in [5.41, 5.74) is 6.72. The zero-order valence-corrected chi connectivity index (χ0v) is 14.0. The maximum atomic E-state index is 12.3. The van der Waals surface area contributed by atoms with Gasteiger partial charge in [0.25, 0.3) is 0 Å². The molecule has 5 heteroatoms. The molecule has 108 valence electrons. The monoisotopic (exact) mass is 354 g/mol. The van der Waals surface area contributed by atoms with Crippen LogP contribution >= 0.6 is 28.1 Å². The molecule has 1 heterocycles. The Kier molecular flexibility index (Phi) is 4.81. The molecular formula is C15H19BrN2OS. The zero-order chi connectivity index (χ0) is 14.8. The van der Waals surface area contributed by atoms with E-state index in [1.54, 1.807) is 0 Å². The SMILES string of the molecule is CC1(C(N)=S)CCN(C(=O)Cc2cccc(Br)c2)CC1. The van der Waals surface area contributed by atoms with Crippen molar-refractivity contribution >= 4 is 39.0 Å². The second-order valence-electron chi connectivity index (χ2n) is 5.61. The van der Waals surface area contributed by atoms with Crippen molar-refractivity contribution in [3.63, 3.8) is 0 Å². The van der Waals surface area contributed by atoms with E-state index < -0.39 is 0 Å². The van der Waals surface area contributed by atoms with Gasteiger partial charge in [-0.25, -0.2) is 0 Å². The Morgan fingerprint density at radius 1 is 1.45 bits per heavy atom. The Hall–Kier alpha value is -0.940.